The quantitative estimate of drug-likeness (QED) is 0.0197. The average Bonchev–Trinajstić information content (AvgIpc) is 0.847. The van der Waals surface area contributed by atoms with Crippen molar-refractivity contribution in [1.29, 1.82) is 0 Å². The third-order valence-corrected chi connectivity index (χ3v) is 27.9. The summed E-state index contributed by atoms with van der Waals surface area (Å²) < 4.78 is 129. The summed E-state index contributed by atoms with van der Waals surface area (Å²) in [5, 5.41) is 260. The van der Waals surface area contributed by atoms with Gasteiger partial charge in [-0.1, -0.05) is 79.7 Å². The van der Waals surface area contributed by atoms with Crippen molar-refractivity contribution in [3.63, 3.8) is 0 Å². The minimum atomic E-state index is -4.91. The van der Waals surface area contributed by atoms with Gasteiger partial charge in [-0.25, -0.2) is 4.68 Å². The van der Waals surface area contributed by atoms with Crippen LogP contribution in [0.3, 0.4) is 0 Å². The molecule has 0 spiro atoms. The van der Waals surface area contributed by atoms with Crippen LogP contribution in [0.2, 0.25) is 0 Å². The number of ketones is 1. The molecule has 3 aromatic carbocycles. The molecule has 35 unspecified atom stereocenters. The first-order chi connectivity index (χ1) is 68.5. The molecule has 4 aromatic rings. The third-order valence-electron chi connectivity index (χ3n) is 26.3. The number of nitrogens with zero attached hydrogens (tertiary/aromatic N) is 4. The van der Waals surface area contributed by atoms with Gasteiger partial charge in [0.1, 0.15) is 224 Å². The van der Waals surface area contributed by atoms with Crippen LogP contribution in [0.4, 0.5) is 0 Å². The molecular formula is C90H132N8O45S. The smallest absolute Gasteiger partial charge is 0.297 e. The maximum absolute atomic E-state index is 14.6. The van der Waals surface area contributed by atoms with Gasteiger partial charge in [0.2, 0.25) is 23.6 Å². The lowest BCUT2D eigenvalue weighted by molar-refractivity contribution is -0.396. The molecule has 23 heterocycles. The maximum Gasteiger partial charge on any atom is 0.297 e. The van der Waals surface area contributed by atoms with Crippen LogP contribution in [0.1, 0.15) is 68.5 Å². The van der Waals surface area contributed by atoms with Gasteiger partial charge in [-0.15, -0.1) is 5.10 Å². The fraction of sp³-hybridized carbons (Fsp3) is 0.722. The van der Waals surface area contributed by atoms with Gasteiger partial charge in [0.25, 0.3) is 10.1 Å². The van der Waals surface area contributed by atoms with Gasteiger partial charge < -0.3 is 204 Å². The van der Waals surface area contributed by atoms with E-state index in [9.17, 15) is 140 Å². The van der Waals surface area contributed by atoms with Crippen LogP contribution in [0.15, 0.2) is 83.9 Å². The summed E-state index contributed by atoms with van der Waals surface area (Å²) in [4.78, 5) is 72.4. The Balaban J connectivity index is 0.694. The first-order valence-electron chi connectivity index (χ1n) is 47.2. The van der Waals surface area contributed by atoms with Crippen molar-refractivity contribution in [2.24, 2.45) is 5.92 Å². The minimum absolute atomic E-state index is 0.00234. The molecular weight excluding hydrogens is 1950 g/mol. The van der Waals surface area contributed by atoms with Crippen molar-refractivity contribution >= 4 is 39.5 Å². The predicted molar refractivity (Wildman–Crippen MR) is 475 cm³/mol. The van der Waals surface area contributed by atoms with Crippen LogP contribution in [0.5, 0.6) is 5.75 Å². The number of hydrogen-bond acceptors (Lipinski definition) is 48. The molecule has 22 saturated heterocycles. The third kappa shape index (κ3) is 26.9. The first kappa shape index (κ1) is 114. The molecule has 22 fully saturated rings. The lowest BCUT2D eigenvalue weighted by Crippen LogP contribution is -2.68. The Morgan fingerprint density at radius 3 is 1.19 bits per heavy atom. The van der Waals surface area contributed by atoms with Crippen molar-refractivity contribution in [3.05, 3.63) is 107 Å². The fourth-order valence-electron chi connectivity index (χ4n) is 18.5. The van der Waals surface area contributed by atoms with Crippen LogP contribution in [0, 0.1) is 19.8 Å². The van der Waals surface area contributed by atoms with Crippen LogP contribution in [0.25, 0.3) is 0 Å². The van der Waals surface area contributed by atoms with E-state index in [-0.39, 0.29) is 54.3 Å². The summed E-state index contributed by atoms with van der Waals surface area (Å²) in [6.45, 7) is 1.45. The lowest BCUT2D eigenvalue weighted by Gasteiger charge is -2.50. The van der Waals surface area contributed by atoms with E-state index < -0.39 is 349 Å². The summed E-state index contributed by atoms with van der Waals surface area (Å²) in [5.74, 6) is -4.20. The second-order valence-corrected chi connectivity index (χ2v) is 39.2. The number of morpholine rings is 1. The largest absolute Gasteiger partial charge is 0.487 e. The van der Waals surface area contributed by atoms with Crippen molar-refractivity contribution in [3.8, 4) is 5.75 Å². The van der Waals surface area contributed by atoms with Crippen LogP contribution < -0.4 is 26.0 Å². The highest BCUT2D eigenvalue weighted by atomic mass is 32.2. The van der Waals surface area contributed by atoms with E-state index in [1.807, 2.05) is 35.2 Å². The van der Waals surface area contributed by atoms with E-state index in [0.29, 0.717) is 38.3 Å². The second-order valence-electron chi connectivity index (χ2n) is 37.6. The molecule has 0 saturated carbocycles. The van der Waals surface area contributed by atoms with E-state index in [1.54, 1.807) is 44.2 Å². The highest BCUT2D eigenvalue weighted by Crippen LogP contribution is 2.41. The number of Topliss-reactive ketones (excluding diaryl/α,β-unsaturated/α-hetero) is 1. The number of aryl methyl sites for hydroxylation is 3. The normalized spacial score (nSPS) is 37.1. The number of aliphatic hydroxyl groups is 21. The molecule has 40 atom stereocenters. The summed E-state index contributed by atoms with van der Waals surface area (Å²) in [6, 6.07) is 15.0. The highest BCUT2D eigenvalue weighted by molar-refractivity contribution is 7.86. The molecule has 0 aliphatic carbocycles. The zero-order valence-corrected chi connectivity index (χ0v) is 80.0. The van der Waals surface area contributed by atoms with Gasteiger partial charge in [-0.05, 0) is 87.3 Å². The van der Waals surface area contributed by atoms with E-state index in [0.717, 1.165) is 17.2 Å². The van der Waals surface area contributed by atoms with Crippen LogP contribution in [-0.2, 0) is 135 Å². The molecule has 144 heavy (non-hydrogen) atoms. The van der Waals surface area contributed by atoms with E-state index in [4.69, 9.17) is 80.0 Å². The number of aliphatic hydroxyl groups excluding tert-OH is 20. The number of ether oxygens (including phenoxy) is 16. The fourth-order valence-corrected chi connectivity index (χ4v) is 19.9. The highest BCUT2D eigenvalue weighted by Gasteiger charge is 2.61. The number of carbonyl (C=O) groups excluding carboxylic acids is 5. The molecule has 0 radical (unpaired) electrons. The van der Waals surface area contributed by atoms with E-state index in [1.165, 1.54) is 39.1 Å². The van der Waals surface area contributed by atoms with Crippen molar-refractivity contribution in [2.45, 2.75) is 330 Å². The number of carbonyl (C=O) groups is 5. The van der Waals surface area contributed by atoms with Gasteiger partial charge in [-0.2, -0.15) is 8.42 Å². The van der Waals surface area contributed by atoms with Gasteiger partial charge >= 0.3 is 0 Å². The molecule has 22 aliphatic rings. The molecule has 53 nitrogen and oxygen atoms in total. The van der Waals surface area contributed by atoms with Crippen molar-refractivity contribution in [1.82, 2.24) is 41.2 Å². The topological polar surface area (TPSA) is 783 Å². The standard InChI is InChI=1S/C90H132N8O45S/c1-38(2)23-47(93-82(123)48(26-43-15-11-8-12-16-43)94-80(121)41(5)91-81(122)46(18-17-42-13-9-7-10-14-42)92-56(105)29-97-19-21-127-22-20-97)79(120)90(6,124)37-129-144(125,126)78-39(3)24-45(25-40(78)4)128-36-44-27-98(96-95-44)28-49-71-57(106)64(113)83(130-49)138-72-50(30-99)132-85(66(115)59(72)108)140-74-52(32-101)134-87(68(117)61(74)110)142-76-54(34-103)136-89(70(119)63(76)112)143-77-55(35-104)135-88(69(118)62(77)111)141-75-53(33-102)133-86(67(116)60(75)109)139-73-51(31-100)131-84(137-71)65(114)58(73)107/h7-16,24-25,27,38,41,46-55,57-77,83-89,99-104,106-119,124H,17-23,26,28-37H2,1-6H3,(H,91,122)(H,92,105)(H,93,123)(H,94,121)/t41-,46-,47-,48-,49?,50?,51?,52?,53?,54?,55?,57?,58?,59?,60?,61?,62?,63?,64?,65?,66?,67?,68?,69?,70?,71?,72?,73?,74?,75?,76?,77?,83?,84?,85?,86?,87?,88?,89?,90+/m0/s1. The minimum Gasteiger partial charge on any atom is -0.487 e. The first-order valence-corrected chi connectivity index (χ1v) is 48.6. The average molecular weight is 2080 g/mol. The molecule has 808 valence electrons. The molecule has 25 N–H and O–H groups in total. The van der Waals surface area contributed by atoms with E-state index in [2.05, 4.69) is 31.6 Å². The summed E-state index contributed by atoms with van der Waals surface area (Å²) in [7, 11) is -4.91. The molecule has 26 rings (SSSR count). The molecule has 22 aliphatic heterocycles. The Labute approximate surface area is 824 Å². The Morgan fingerprint density at radius 1 is 0.458 bits per heavy atom. The lowest BCUT2D eigenvalue weighted by atomic mass is 9.90. The summed E-state index contributed by atoms with van der Waals surface area (Å²) in [5.41, 5.74) is -1.14. The zero-order valence-electron chi connectivity index (χ0n) is 79.2. The number of benzene rings is 3. The van der Waals surface area contributed by atoms with Crippen LogP contribution >= 0.6 is 0 Å². The maximum atomic E-state index is 14.6. The number of aromatic nitrogens is 3. The number of nitrogens with one attached hydrogen (secondary N) is 4. The summed E-state index contributed by atoms with van der Waals surface area (Å²) >= 11 is 0. The number of hydrogen-bond donors (Lipinski definition) is 25. The van der Waals surface area contributed by atoms with Gasteiger partial charge in [-0.3, -0.25) is 33.1 Å². The zero-order chi connectivity index (χ0) is 104. The Morgan fingerprint density at radius 2 is 0.812 bits per heavy atom. The van der Waals surface area contributed by atoms with E-state index >= 15 is 0 Å². The number of amides is 4. The monoisotopic (exact) mass is 2080 g/mol. The van der Waals surface area contributed by atoms with Crippen LogP contribution in [-0.4, -0.2) is 489 Å². The Hall–Kier alpha value is -7.42. The Bertz CT molecular complexity index is 4870. The van der Waals surface area contributed by atoms with Crippen molar-refractivity contribution in [2.75, 3.05) is 79.1 Å². The SMILES string of the molecule is Cc1cc(OCc2cn(CC3OC4OC5C(CO)OC(OC6C(CO)OC(OC7C(CO)OC(OC8C(CO)OC(OC9C(CO)OC(OC%10C(CO)OC(OC3C(O)C4O)C(O)C%10O)C(O)C9O)C(O)C8O)C(O)C7O)C(O)C6O)C(O)C5O)nn2)cc(C)c1S(=O)(=O)OC[C@@](C)(O)C(=O)[C@H](CC(C)C)NC(=O)[C@H](Cc1ccccc1)NC(=O)[C@H](C)NC(=O)[C@H](CCc1ccccc1)NC(=O)CN1CCOCC1. The van der Waals surface area contributed by atoms with Gasteiger partial charge in [0, 0.05) is 19.5 Å². The number of rotatable bonds is 33. The molecule has 4 amide bonds. The molecule has 1 aromatic heterocycles. The Kier molecular flexibility index (Phi) is 39.9. The van der Waals surface area contributed by atoms with Gasteiger partial charge in [0.15, 0.2) is 49.8 Å². The molecule has 54 heteroatoms. The molecule has 14 bridgehead atoms. The second kappa shape index (κ2) is 50.5. The van der Waals surface area contributed by atoms with Gasteiger partial charge in [0.05, 0.1) is 78.2 Å². The predicted octanol–water partition coefficient (Wildman–Crippen LogP) is -12.5. The summed E-state index contributed by atoms with van der Waals surface area (Å²) in [6.07, 6.45) is -72.3. The van der Waals surface area contributed by atoms with Crippen molar-refractivity contribution < 1.29 is 220 Å².